The first kappa shape index (κ1) is 17.6. The predicted octanol–water partition coefficient (Wildman–Crippen LogP) is 2.64. The van der Waals surface area contributed by atoms with Crippen molar-refractivity contribution >= 4 is 5.91 Å². The van der Waals surface area contributed by atoms with Gasteiger partial charge in [-0.15, -0.1) is 0 Å². The average molecular weight is 379 g/mol. The number of amides is 1. The van der Waals surface area contributed by atoms with Crippen molar-refractivity contribution in [2.24, 2.45) is 5.92 Å². The minimum atomic E-state index is -0.506. The highest BCUT2D eigenvalue weighted by molar-refractivity contribution is 5.93. The standard InChI is InChI=1S/C18H17N7O3/c1-10(2)14(18-22-16(25-28-18)15-19-9-20-23-15)21-17(26)12-8-13(27-24-12)11-6-4-3-5-7-11/h3-10,14H,1-2H3,(H,21,26)(H,19,20,23)/t14-/m0/s1. The molecule has 4 aromatic rings. The van der Waals surface area contributed by atoms with Crippen molar-refractivity contribution in [2.75, 3.05) is 0 Å². The lowest BCUT2D eigenvalue weighted by molar-refractivity contribution is 0.0904. The Kier molecular flexibility index (Phi) is 4.67. The molecule has 0 bridgehead atoms. The van der Waals surface area contributed by atoms with Crippen molar-refractivity contribution in [3.8, 4) is 23.0 Å². The van der Waals surface area contributed by atoms with E-state index >= 15 is 0 Å². The van der Waals surface area contributed by atoms with E-state index in [1.54, 1.807) is 6.07 Å². The summed E-state index contributed by atoms with van der Waals surface area (Å²) in [5.41, 5.74) is 1.00. The molecule has 1 amide bonds. The quantitative estimate of drug-likeness (QED) is 0.522. The number of nitrogens with one attached hydrogen (secondary N) is 2. The molecule has 0 radical (unpaired) electrons. The van der Waals surface area contributed by atoms with Crippen LogP contribution in [0.15, 0.2) is 51.8 Å². The van der Waals surface area contributed by atoms with Gasteiger partial charge in [-0.25, -0.2) is 4.98 Å². The SMILES string of the molecule is CC(C)[C@H](NC(=O)c1cc(-c2ccccc2)on1)c1nc(-c2ncn[nH]2)no1. The maximum Gasteiger partial charge on any atom is 0.274 e. The summed E-state index contributed by atoms with van der Waals surface area (Å²) < 4.78 is 10.6. The molecule has 0 saturated heterocycles. The number of aromatic nitrogens is 6. The van der Waals surface area contributed by atoms with Crippen LogP contribution in [0, 0.1) is 5.92 Å². The number of H-pyrrole nitrogens is 1. The van der Waals surface area contributed by atoms with Crippen molar-refractivity contribution in [1.82, 2.24) is 35.8 Å². The van der Waals surface area contributed by atoms with Gasteiger partial charge in [0.05, 0.1) is 0 Å². The first-order valence-electron chi connectivity index (χ1n) is 8.64. The summed E-state index contributed by atoms with van der Waals surface area (Å²) in [5, 5.41) is 17.0. The van der Waals surface area contributed by atoms with E-state index in [0.29, 0.717) is 11.6 Å². The fourth-order valence-electron chi connectivity index (χ4n) is 2.62. The van der Waals surface area contributed by atoms with Gasteiger partial charge in [0.25, 0.3) is 5.91 Å². The Labute approximate surface area is 159 Å². The molecule has 4 rings (SSSR count). The summed E-state index contributed by atoms with van der Waals surface area (Å²) >= 11 is 0. The maximum absolute atomic E-state index is 12.7. The third kappa shape index (κ3) is 3.52. The average Bonchev–Trinajstić information content (AvgIpc) is 3.47. The largest absolute Gasteiger partial charge is 0.355 e. The second-order valence-electron chi connectivity index (χ2n) is 6.43. The summed E-state index contributed by atoms with van der Waals surface area (Å²) in [6.45, 7) is 3.86. The van der Waals surface area contributed by atoms with Crippen LogP contribution in [-0.4, -0.2) is 36.4 Å². The van der Waals surface area contributed by atoms with Gasteiger partial charge in [0.15, 0.2) is 17.3 Å². The van der Waals surface area contributed by atoms with Gasteiger partial charge in [0.1, 0.15) is 12.4 Å². The molecule has 2 N–H and O–H groups in total. The van der Waals surface area contributed by atoms with Gasteiger partial charge in [0, 0.05) is 11.6 Å². The van der Waals surface area contributed by atoms with Crippen LogP contribution in [0.1, 0.15) is 36.3 Å². The summed E-state index contributed by atoms with van der Waals surface area (Å²) in [5.74, 6) is 1.02. The number of carbonyl (C=O) groups excluding carboxylic acids is 1. The van der Waals surface area contributed by atoms with E-state index < -0.39 is 11.9 Å². The third-order valence-electron chi connectivity index (χ3n) is 4.09. The Morgan fingerprint density at radius 3 is 2.68 bits per heavy atom. The van der Waals surface area contributed by atoms with E-state index in [1.807, 2.05) is 44.2 Å². The van der Waals surface area contributed by atoms with Crippen molar-refractivity contribution in [3.63, 3.8) is 0 Å². The second kappa shape index (κ2) is 7.43. The van der Waals surface area contributed by atoms with Gasteiger partial charge < -0.3 is 14.4 Å². The molecule has 0 spiro atoms. The van der Waals surface area contributed by atoms with Crippen molar-refractivity contribution < 1.29 is 13.8 Å². The Morgan fingerprint density at radius 2 is 1.96 bits per heavy atom. The smallest absolute Gasteiger partial charge is 0.274 e. The van der Waals surface area contributed by atoms with E-state index in [4.69, 9.17) is 9.05 Å². The van der Waals surface area contributed by atoms with Crippen molar-refractivity contribution in [1.29, 1.82) is 0 Å². The van der Waals surface area contributed by atoms with Crippen LogP contribution in [0.4, 0.5) is 0 Å². The molecule has 0 fully saturated rings. The lowest BCUT2D eigenvalue weighted by Crippen LogP contribution is -2.32. The van der Waals surface area contributed by atoms with Crippen LogP contribution in [0.3, 0.4) is 0 Å². The van der Waals surface area contributed by atoms with Crippen LogP contribution in [0.25, 0.3) is 23.0 Å². The van der Waals surface area contributed by atoms with Gasteiger partial charge in [-0.1, -0.05) is 54.5 Å². The number of carbonyl (C=O) groups is 1. The molecule has 10 nitrogen and oxygen atoms in total. The molecule has 0 aliphatic heterocycles. The third-order valence-corrected chi connectivity index (χ3v) is 4.09. The van der Waals surface area contributed by atoms with Gasteiger partial charge in [0.2, 0.25) is 11.7 Å². The fraction of sp³-hybridized carbons (Fsp3) is 0.222. The molecule has 1 atom stereocenters. The molecule has 1 aromatic carbocycles. The number of hydrogen-bond acceptors (Lipinski definition) is 8. The zero-order chi connectivity index (χ0) is 19.5. The van der Waals surface area contributed by atoms with Crippen LogP contribution < -0.4 is 5.32 Å². The molecule has 0 aliphatic carbocycles. The van der Waals surface area contributed by atoms with E-state index in [2.05, 4.69) is 35.8 Å². The second-order valence-corrected chi connectivity index (χ2v) is 6.43. The molecular weight excluding hydrogens is 362 g/mol. The fourth-order valence-corrected chi connectivity index (χ4v) is 2.62. The number of benzene rings is 1. The molecule has 0 saturated carbocycles. The highest BCUT2D eigenvalue weighted by Crippen LogP contribution is 2.24. The highest BCUT2D eigenvalue weighted by Gasteiger charge is 2.27. The molecule has 142 valence electrons. The Morgan fingerprint density at radius 1 is 1.14 bits per heavy atom. The van der Waals surface area contributed by atoms with Crippen LogP contribution in [0.5, 0.6) is 0 Å². The lowest BCUT2D eigenvalue weighted by atomic mass is 10.0. The Balaban J connectivity index is 1.52. The first-order chi connectivity index (χ1) is 13.6. The molecule has 0 aliphatic rings. The normalized spacial score (nSPS) is 12.2. The molecule has 0 unspecified atom stereocenters. The number of nitrogens with zero attached hydrogens (tertiary/aromatic N) is 5. The summed E-state index contributed by atoms with van der Waals surface area (Å²) in [4.78, 5) is 20.9. The van der Waals surface area contributed by atoms with E-state index in [9.17, 15) is 4.79 Å². The summed E-state index contributed by atoms with van der Waals surface area (Å²) in [6, 6.07) is 10.5. The molecule has 3 heterocycles. The molecule has 10 heteroatoms. The molecule has 28 heavy (non-hydrogen) atoms. The van der Waals surface area contributed by atoms with E-state index in [0.717, 1.165) is 5.56 Å². The predicted molar refractivity (Wildman–Crippen MR) is 96.7 cm³/mol. The highest BCUT2D eigenvalue weighted by atomic mass is 16.5. The summed E-state index contributed by atoms with van der Waals surface area (Å²) in [7, 11) is 0. The van der Waals surface area contributed by atoms with Crippen LogP contribution in [0.2, 0.25) is 0 Å². The van der Waals surface area contributed by atoms with Gasteiger partial charge in [-0.2, -0.15) is 10.1 Å². The Hall–Kier alpha value is -3.82. The maximum atomic E-state index is 12.7. The summed E-state index contributed by atoms with van der Waals surface area (Å²) in [6.07, 6.45) is 1.35. The van der Waals surface area contributed by atoms with E-state index in [1.165, 1.54) is 6.33 Å². The number of rotatable bonds is 6. The van der Waals surface area contributed by atoms with Crippen LogP contribution >= 0.6 is 0 Å². The Bertz CT molecular complexity index is 1050. The van der Waals surface area contributed by atoms with Crippen molar-refractivity contribution in [2.45, 2.75) is 19.9 Å². The molecule has 3 aromatic heterocycles. The lowest BCUT2D eigenvalue weighted by Gasteiger charge is -2.17. The van der Waals surface area contributed by atoms with E-state index in [-0.39, 0.29) is 23.3 Å². The topological polar surface area (TPSA) is 136 Å². The zero-order valence-corrected chi connectivity index (χ0v) is 15.2. The van der Waals surface area contributed by atoms with Crippen LogP contribution in [-0.2, 0) is 0 Å². The molecular formula is C18H17N7O3. The van der Waals surface area contributed by atoms with Gasteiger partial charge >= 0.3 is 0 Å². The zero-order valence-electron chi connectivity index (χ0n) is 15.2. The van der Waals surface area contributed by atoms with Gasteiger partial charge in [-0.3, -0.25) is 9.89 Å². The monoisotopic (exact) mass is 379 g/mol. The van der Waals surface area contributed by atoms with Crippen molar-refractivity contribution in [3.05, 3.63) is 54.3 Å². The number of aromatic amines is 1. The minimum absolute atomic E-state index is 0.00697. The first-order valence-corrected chi connectivity index (χ1v) is 8.64. The minimum Gasteiger partial charge on any atom is -0.355 e. The number of hydrogen-bond donors (Lipinski definition) is 2. The van der Waals surface area contributed by atoms with Gasteiger partial charge in [-0.05, 0) is 5.92 Å².